The Hall–Kier alpha value is -2.08. The van der Waals surface area contributed by atoms with Crippen molar-refractivity contribution in [2.75, 3.05) is 16.6 Å². The molecule has 5 nitrogen and oxygen atoms in total. The van der Waals surface area contributed by atoms with E-state index in [1.54, 1.807) is 24.4 Å². The standard InChI is InChI=1S/C14H15N3O2S/c1-10-7-11-4-6-17(14(11)8-13(10)15)20(18,19)12-3-2-5-16-9-12/h2-3,5,7-9H,4,6,15H2,1H3. The number of anilines is 2. The lowest BCUT2D eigenvalue weighted by Crippen LogP contribution is -2.29. The molecule has 0 saturated heterocycles. The minimum absolute atomic E-state index is 0.201. The third-order valence-corrected chi connectivity index (χ3v) is 5.34. The number of benzene rings is 1. The molecular weight excluding hydrogens is 274 g/mol. The Labute approximate surface area is 118 Å². The van der Waals surface area contributed by atoms with E-state index in [9.17, 15) is 8.42 Å². The van der Waals surface area contributed by atoms with Crippen molar-refractivity contribution in [3.63, 3.8) is 0 Å². The number of hydrogen-bond acceptors (Lipinski definition) is 4. The third-order valence-electron chi connectivity index (χ3n) is 3.54. The Morgan fingerprint density at radius 3 is 2.85 bits per heavy atom. The first-order chi connectivity index (χ1) is 9.50. The van der Waals surface area contributed by atoms with E-state index in [4.69, 9.17) is 5.73 Å². The van der Waals surface area contributed by atoms with Crippen LogP contribution in [0.25, 0.3) is 0 Å². The Kier molecular flexibility index (Phi) is 2.90. The molecular formula is C14H15N3O2S. The van der Waals surface area contributed by atoms with Crippen molar-refractivity contribution in [3.8, 4) is 0 Å². The molecule has 2 aromatic rings. The summed E-state index contributed by atoms with van der Waals surface area (Å²) in [6.45, 7) is 2.36. The number of fused-ring (bicyclic) bond motifs is 1. The molecule has 3 rings (SSSR count). The predicted octanol–water partition coefficient (Wildman–Crippen LogP) is 1.72. The van der Waals surface area contributed by atoms with Gasteiger partial charge in [-0.3, -0.25) is 9.29 Å². The summed E-state index contributed by atoms with van der Waals surface area (Å²) in [7, 11) is -3.57. The average molecular weight is 289 g/mol. The molecule has 0 atom stereocenters. The van der Waals surface area contributed by atoms with Gasteiger partial charge in [-0.25, -0.2) is 8.42 Å². The van der Waals surface area contributed by atoms with Gasteiger partial charge >= 0.3 is 0 Å². The number of nitrogen functional groups attached to an aromatic ring is 1. The number of nitrogens with zero attached hydrogens (tertiary/aromatic N) is 2. The number of pyridine rings is 1. The van der Waals surface area contributed by atoms with Crippen molar-refractivity contribution in [1.82, 2.24) is 4.98 Å². The molecule has 0 saturated carbocycles. The molecule has 0 radical (unpaired) electrons. The van der Waals surface area contributed by atoms with Gasteiger partial charge < -0.3 is 5.73 Å². The van der Waals surface area contributed by atoms with E-state index in [0.717, 1.165) is 11.1 Å². The smallest absolute Gasteiger partial charge is 0.265 e. The predicted molar refractivity (Wildman–Crippen MR) is 78.1 cm³/mol. The lowest BCUT2D eigenvalue weighted by atomic mass is 10.1. The van der Waals surface area contributed by atoms with Crippen LogP contribution in [-0.4, -0.2) is 19.9 Å². The molecule has 1 aliphatic heterocycles. The molecule has 2 heterocycles. The lowest BCUT2D eigenvalue weighted by Gasteiger charge is -2.20. The van der Waals surface area contributed by atoms with E-state index in [1.165, 1.54) is 10.5 Å². The fraction of sp³-hybridized carbons (Fsp3) is 0.214. The van der Waals surface area contributed by atoms with Crippen LogP contribution in [0.5, 0.6) is 0 Å². The number of rotatable bonds is 2. The maximum absolute atomic E-state index is 12.6. The molecule has 0 unspecified atom stereocenters. The van der Waals surface area contributed by atoms with Crippen molar-refractivity contribution in [3.05, 3.63) is 47.8 Å². The summed E-state index contributed by atoms with van der Waals surface area (Å²) in [5.41, 5.74) is 9.18. The van der Waals surface area contributed by atoms with Crippen molar-refractivity contribution in [1.29, 1.82) is 0 Å². The van der Waals surface area contributed by atoms with E-state index in [1.807, 2.05) is 13.0 Å². The third kappa shape index (κ3) is 1.92. The lowest BCUT2D eigenvalue weighted by molar-refractivity contribution is 0.592. The van der Waals surface area contributed by atoms with Crippen LogP contribution in [0.15, 0.2) is 41.6 Å². The number of aromatic nitrogens is 1. The Balaban J connectivity index is 2.10. The van der Waals surface area contributed by atoms with Gasteiger partial charge in [0.25, 0.3) is 10.0 Å². The summed E-state index contributed by atoms with van der Waals surface area (Å²) in [5.74, 6) is 0. The Morgan fingerprint density at radius 1 is 1.35 bits per heavy atom. The van der Waals surface area contributed by atoms with Crippen LogP contribution >= 0.6 is 0 Å². The minimum atomic E-state index is -3.57. The van der Waals surface area contributed by atoms with E-state index in [2.05, 4.69) is 4.98 Å². The van der Waals surface area contributed by atoms with Gasteiger partial charge in [-0.05, 0) is 42.7 Å². The van der Waals surface area contributed by atoms with Crippen molar-refractivity contribution < 1.29 is 8.42 Å². The van der Waals surface area contributed by atoms with Crippen molar-refractivity contribution >= 4 is 21.4 Å². The number of nitrogens with two attached hydrogens (primary N) is 1. The van der Waals surface area contributed by atoms with Crippen LogP contribution in [0.2, 0.25) is 0 Å². The molecule has 0 amide bonds. The molecule has 6 heteroatoms. The largest absolute Gasteiger partial charge is 0.398 e. The molecule has 104 valence electrons. The number of sulfonamides is 1. The zero-order valence-electron chi connectivity index (χ0n) is 11.1. The highest BCUT2D eigenvalue weighted by molar-refractivity contribution is 7.92. The van der Waals surface area contributed by atoms with Crippen LogP contribution in [0.1, 0.15) is 11.1 Å². The van der Waals surface area contributed by atoms with Crippen LogP contribution in [0.4, 0.5) is 11.4 Å². The molecule has 20 heavy (non-hydrogen) atoms. The van der Waals surface area contributed by atoms with Gasteiger partial charge in [0, 0.05) is 24.6 Å². The maximum Gasteiger partial charge on any atom is 0.265 e. The minimum Gasteiger partial charge on any atom is -0.398 e. The summed E-state index contributed by atoms with van der Waals surface area (Å²) in [4.78, 5) is 4.08. The molecule has 0 spiro atoms. The Morgan fingerprint density at radius 2 is 2.15 bits per heavy atom. The second kappa shape index (κ2) is 4.49. The summed E-state index contributed by atoms with van der Waals surface area (Å²) >= 11 is 0. The summed E-state index contributed by atoms with van der Waals surface area (Å²) < 4.78 is 26.7. The van der Waals surface area contributed by atoms with Gasteiger partial charge in [-0.1, -0.05) is 6.07 Å². The SMILES string of the molecule is Cc1cc2c(cc1N)N(S(=O)(=O)c1cccnc1)CC2. The van der Waals surface area contributed by atoms with Crippen LogP contribution in [0.3, 0.4) is 0 Å². The van der Waals surface area contributed by atoms with Gasteiger partial charge in [0.2, 0.25) is 0 Å². The summed E-state index contributed by atoms with van der Waals surface area (Å²) in [6.07, 6.45) is 3.62. The highest BCUT2D eigenvalue weighted by atomic mass is 32.2. The van der Waals surface area contributed by atoms with E-state index < -0.39 is 10.0 Å². The topological polar surface area (TPSA) is 76.3 Å². The first kappa shape index (κ1) is 12.9. The number of aryl methyl sites for hydroxylation is 1. The fourth-order valence-corrected chi connectivity index (χ4v) is 3.88. The molecule has 1 aliphatic rings. The zero-order valence-corrected chi connectivity index (χ0v) is 11.9. The van der Waals surface area contributed by atoms with E-state index in [0.29, 0.717) is 24.3 Å². The number of hydrogen-bond donors (Lipinski definition) is 1. The van der Waals surface area contributed by atoms with Crippen LogP contribution < -0.4 is 10.0 Å². The quantitative estimate of drug-likeness (QED) is 0.854. The average Bonchev–Trinajstić information content (AvgIpc) is 2.84. The summed E-state index contributed by atoms with van der Waals surface area (Å²) in [5, 5.41) is 0. The first-order valence-corrected chi connectivity index (χ1v) is 7.76. The Bertz CT molecular complexity index is 757. The maximum atomic E-state index is 12.6. The van der Waals surface area contributed by atoms with Crippen molar-refractivity contribution in [2.24, 2.45) is 0 Å². The monoisotopic (exact) mass is 289 g/mol. The molecule has 0 bridgehead atoms. The summed E-state index contributed by atoms with van der Waals surface area (Å²) in [6, 6.07) is 6.88. The van der Waals surface area contributed by atoms with Gasteiger partial charge in [-0.2, -0.15) is 0 Å². The van der Waals surface area contributed by atoms with E-state index >= 15 is 0 Å². The van der Waals surface area contributed by atoms with Crippen LogP contribution in [-0.2, 0) is 16.4 Å². The van der Waals surface area contributed by atoms with Gasteiger partial charge in [0.1, 0.15) is 4.90 Å². The molecule has 0 fully saturated rings. The van der Waals surface area contributed by atoms with Gasteiger partial charge in [0.05, 0.1) is 5.69 Å². The molecule has 2 N–H and O–H groups in total. The van der Waals surface area contributed by atoms with Crippen LogP contribution in [0, 0.1) is 6.92 Å². The highest BCUT2D eigenvalue weighted by Gasteiger charge is 2.31. The second-order valence-electron chi connectivity index (χ2n) is 4.85. The first-order valence-electron chi connectivity index (χ1n) is 6.32. The molecule has 0 aliphatic carbocycles. The highest BCUT2D eigenvalue weighted by Crippen LogP contribution is 2.35. The van der Waals surface area contributed by atoms with Crippen molar-refractivity contribution in [2.45, 2.75) is 18.2 Å². The molecule has 1 aromatic carbocycles. The zero-order chi connectivity index (χ0) is 14.3. The normalized spacial score (nSPS) is 14.3. The van der Waals surface area contributed by atoms with Gasteiger partial charge in [-0.15, -0.1) is 0 Å². The van der Waals surface area contributed by atoms with E-state index in [-0.39, 0.29) is 4.90 Å². The second-order valence-corrected chi connectivity index (χ2v) is 6.72. The van der Waals surface area contributed by atoms with Gasteiger partial charge in [0.15, 0.2) is 0 Å². The molecule has 1 aromatic heterocycles. The fourth-order valence-electron chi connectivity index (χ4n) is 2.42.